The molecule has 0 radical (unpaired) electrons. The van der Waals surface area contributed by atoms with Gasteiger partial charge < -0.3 is 5.32 Å². The van der Waals surface area contributed by atoms with Gasteiger partial charge in [-0.1, -0.05) is 38.7 Å². The first-order valence-electron chi connectivity index (χ1n) is 7.55. The van der Waals surface area contributed by atoms with Gasteiger partial charge in [-0.3, -0.25) is 0 Å². The number of pyridine rings is 1. The van der Waals surface area contributed by atoms with Crippen molar-refractivity contribution in [1.82, 2.24) is 4.98 Å². The maximum Gasteiger partial charge on any atom is 0.126 e. The van der Waals surface area contributed by atoms with Gasteiger partial charge in [0.1, 0.15) is 5.82 Å². The summed E-state index contributed by atoms with van der Waals surface area (Å²) in [6, 6.07) is 4.93. The summed E-state index contributed by atoms with van der Waals surface area (Å²) in [7, 11) is 0. The molecule has 1 N–H and O–H groups in total. The van der Waals surface area contributed by atoms with Crippen molar-refractivity contribution < 1.29 is 0 Å². The summed E-state index contributed by atoms with van der Waals surface area (Å²) in [5.74, 6) is 1.07. The molecule has 100 valence electrons. The number of nitrogens with one attached hydrogen (secondary N) is 1. The van der Waals surface area contributed by atoms with Crippen molar-refractivity contribution in [3.63, 3.8) is 0 Å². The molecule has 18 heavy (non-hydrogen) atoms. The molecule has 1 heterocycles. The van der Waals surface area contributed by atoms with Gasteiger partial charge >= 0.3 is 0 Å². The van der Waals surface area contributed by atoms with E-state index in [-0.39, 0.29) is 0 Å². The molecule has 1 aromatic heterocycles. The van der Waals surface area contributed by atoms with Crippen molar-refractivity contribution in [2.75, 3.05) is 5.32 Å². The van der Waals surface area contributed by atoms with Crippen LogP contribution in [0.5, 0.6) is 0 Å². The number of aromatic nitrogens is 1. The fourth-order valence-electron chi connectivity index (χ4n) is 2.70. The van der Waals surface area contributed by atoms with Crippen molar-refractivity contribution in [2.24, 2.45) is 0 Å². The van der Waals surface area contributed by atoms with Gasteiger partial charge in [0.05, 0.1) is 0 Å². The van der Waals surface area contributed by atoms with Crippen LogP contribution in [-0.4, -0.2) is 11.0 Å². The van der Waals surface area contributed by atoms with Crippen LogP contribution in [0.3, 0.4) is 0 Å². The Balaban J connectivity index is 1.78. The largest absolute Gasteiger partial charge is 0.368 e. The van der Waals surface area contributed by atoms with Crippen molar-refractivity contribution in [1.29, 1.82) is 0 Å². The molecule has 0 amide bonds. The average molecular weight is 246 g/mol. The van der Waals surface area contributed by atoms with Gasteiger partial charge in [0, 0.05) is 11.7 Å². The van der Waals surface area contributed by atoms with E-state index in [9.17, 15) is 0 Å². The maximum absolute atomic E-state index is 4.73. The Hall–Kier alpha value is -1.05. The highest BCUT2D eigenvalue weighted by atomic mass is 15.0. The number of rotatable bonds is 7. The van der Waals surface area contributed by atoms with E-state index in [2.05, 4.69) is 31.3 Å². The van der Waals surface area contributed by atoms with Gasteiger partial charge in [0.25, 0.3) is 0 Å². The van der Waals surface area contributed by atoms with Gasteiger partial charge in [-0.05, 0) is 44.2 Å². The summed E-state index contributed by atoms with van der Waals surface area (Å²) in [6.07, 6.45) is 10.3. The highest BCUT2D eigenvalue weighted by Crippen LogP contribution is 2.22. The van der Waals surface area contributed by atoms with Crippen LogP contribution < -0.4 is 5.32 Å². The normalized spacial score (nSPS) is 15.4. The molecule has 0 saturated carbocycles. The number of nitrogens with zero attached hydrogens (tertiary/aromatic N) is 1. The molecule has 0 aromatic carbocycles. The van der Waals surface area contributed by atoms with E-state index >= 15 is 0 Å². The number of hydrogen-bond donors (Lipinski definition) is 1. The van der Waals surface area contributed by atoms with E-state index in [4.69, 9.17) is 4.98 Å². The fraction of sp³-hybridized carbons (Fsp3) is 0.688. The minimum absolute atomic E-state index is 0.536. The second-order valence-electron chi connectivity index (χ2n) is 5.55. The molecular formula is C16H26N2. The molecule has 1 atom stereocenters. The summed E-state index contributed by atoms with van der Waals surface area (Å²) < 4.78 is 0. The molecule has 1 unspecified atom stereocenters. The lowest BCUT2D eigenvalue weighted by Crippen LogP contribution is -2.16. The van der Waals surface area contributed by atoms with Crippen LogP contribution in [0.15, 0.2) is 12.1 Å². The van der Waals surface area contributed by atoms with Crippen LogP contribution in [0.2, 0.25) is 0 Å². The molecule has 0 fully saturated rings. The second kappa shape index (κ2) is 6.77. The number of hydrogen-bond acceptors (Lipinski definition) is 2. The molecule has 0 saturated heterocycles. The third kappa shape index (κ3) is 3.72. The number of anilines is 1. The van der Waals surface area contributed by atoms with Gasteiger partial charge in [0.15, 0.2) is 0 Å². The van der Waals surface area contributed by atoms with Gasteiger partial charge in [-0.25, -0.2) is 4.98 Å². The first-order chi connectivity index (χ1) is 8.79. The molecule has 1 aliphatic rings. The van der Waals surface area contributed by atoms with Gasteiger partial charge in [-0.15, -0.1) is 0 Å². The molecule has 2 heteroatoms. The van der Waals surface area contributed by atoms with Gasteiger partial charge in [0.2, 0.25) is 0 Å². The number of aryl methyl sites for hydroxylation is 2. The number of unbranched alkanes of at least 4 members (excludes halogenated alkanes) is 3. The summed E-state index contributed by atoms with van der Waals surface area (Å²) in [6.45, 7) is 4.52. The third-order valence-corrected chi connectivity index (χ3v) is 3.81. The molecule has 0 spiro atoms. The van der Waals surface area contributed by atoms with Crippen LogP contribution in [0.1, 0.15) is 63.6 Å². The minimum Gasteiger partial charge on any atom is -0.368 e. The molecule has 2 nitrogen and oxygen atoms in total. The Labute approximate surface area is 111 Å². The smallest absolute Gasteiger partial charge is 0.126 e. The quantitative estimate of drug-likeness (QED) is 0.724. The Morgan fingerprint density at radius 2 is 2.11 bits per heavy atom. The summed E-state index contributed by atoms with van der Waals surface area (Å²) in [5.41, 5.74) is 2.77. The first-order valence-corrected chi connectivity index (χ1v) is 7.55. The fourth-order valence-corrected chi connectivity index (χ4v) is 2.70. The Morgan fingerprint density at radius 1 is 1.22 bits per heavy atom. The van der Waals surface area contributed by atoms with E-state index < -0.39 is 0 Å². The monoisotopic (exact) mass is 246 g/mol. The zero-order chi connectivity index (χ0) is 12.8. The lowest BCUT2D eigenvalue weighted by atomic mass is 10.1. The predicted octanol–water partition coefficient (Wildman–Crippen LogP) is 4.34. The summed E-state index contributed by atoms with van der Waals surface area (Å²) >= 11 is 0. The lowest BCUT2D eigenvalue weighted by molar-refractivity contribution is 0.593. The van der Waals surface area contributed by atoms with E-state index in [0.29, 0.717) is 6.04 Å². The summed E-state index contributed by atoms with van der Waals surface area (Å²) in [5, 5.41) is 3.54. The maximum atomic E-state index is 4.73. The van der Waals surface area contributed by atoms with E-state index in [1.807, 2.05) is 0 Å². The Kier molecular flexibility index (Phi) is 5.03. The highest BCUT2D eigenvalue weighted by Gasteiger charge is 2.12. The van der Waals surface area contributed by atoms with Crippen LogP contribution in [-0.2, 0) is 12.8 Å². The van der Waals surface area contributed by atoms with Crippen molar-refractivity contribution in [3.8, 4) is 0 Å². The van der Waals surface area contributed by atoms with Crippen molar-refractivity contribution in [2.45, 2.75) is 71.3 Å². The Bertz CT molecular complexity index is 373. The SMILES string of the molecule is CCCCCCC(C)Nc1ccc2c(n1)CCC2. The van der Waals surface area contributed by atoms with Crippen LogP contribution in [0.4, 0.5) is 5.82 Å². The third-order valence-electron chi connectivity index (χ3n) is 3.81. The predicted molar refractivity (Wildman–Crippen MR) is 78.1 cm³/mol. The molecule has 0 bridgehead atoms. The summed E-state index contributed by atoms with van der Waals surface area (Å²) in [4.78, 5) is 4.73. The second-order valence-corrected chi connectivity index (χ2v) is 5.55. The lowest BCUT2D eigenvalue weighted by Gasteiger charge is -2.15. The molecule has 1 aliphatic carbocycles. The van der Waals surface area contributed by atoms with E-state index in [1.165, 1.54) is 56.2 Å². The van der Waals surface area contributed by atoms with E-state index in [0.717, 1.165) is 12.2 Å². The van der Waals surface area contributed by atoms with E-state index in [1.54, 1.807) is 0 Å². The zero-order valence-corrected chi connectivity index (χ0v) is 11.8. The topological polar surface area (TPSA) is 24.9 Å². The molecular weight excluding hydrogens is 220 g/mol. The van der Waals surface area contributed by atoms with Gasteiger partial charge in [-0.2, -0.15) is 0 Å². The van der Waals surface area contributed by atoms with Crippen LogP contribution >= 0.6 is 0 Å². The van der Waals surface area contributed by atoms with Crippen LogP contribution in [0.25, 0.3) is 0 Å². The molecule has 1 aromatic rings. The zero-order valence-electron chi connectivity index (χ0n) is 11.8. The van der Waals surface area contributed by atoms with Crippen molar-refractivity contribution in [3.05, 3.63) is 23.4 Å². The first kappa shape index (κ1) is 13.4. The average Bonchev–Trinajstić information content (AvgIpc) is 2.82. The number of fused-ring (bicyclic) bond motifs is 1. The highest BCUT2D eigenvalue weighted by molar-refractivity contribution is 5.41. The van der Waals surface area contributed by atoms with Crippen LogP contribution in [0, 0.1) is 0 Å². The standard InChI is InChI=1S/C16H26N2/c1-3-4-5-6-8-13(2)17-16-12-11-14-9-7-10-15(14)18-16/h11-13H,3-10H2,1-2H3,(H,17,18). The Morgan fingerprint density at radius 3 is 2.94 bits per heavy atom. The minimum atomic E-state index is 0.536. The van der Waals surface area contributed by atoms with Crippen molar-refractivity contribution >= 4 is 5.82 Å². The molecule has 0 aliphatic heterocycles. The molecule has 2 rings (SSSR count).